The zero-order chi connectivity index (χ0) is 25.6. The number of rotatable bonds is 8. The van der Waals surface area contributed by atoms with Crippen LogP contribution in [0.3, 0.4) is 0 Å². The first-order chi connectivity index (χ1) is 16.6. The van der Waals surface area contributed by atoms with Gasteiger partial charge in [-0.3, -0.25) is 14.4 Å². The van der Waals surface area contributed by atoms with E-state index in [4.69, 9.17) is 0 Å². The molecule has 0 aliphatic carbocycles. The molecule has 3 N–H and O–H groups in total. The number of nitrogens with one attached hydrogen (secondary N) is 3. The molecule has 1 heterocycles. The first kappa shape index (κ1) is 26.3. The molecule has 1 aliphatic heterocycles. The third-order valence-electron chi connectivity index (χ3n) is 5.69. The summed E-state index contributed by atoms with van der Waals surface area (Å²) in [6.45, 7) is 3.07. The summed E-state index contributed by atoms with van der Waals surface area (Å²) in [5, 5.41) is 8.02. The smallest absolute Gasteiger partial charge is 0.243 e. The Morgan fingerprint density at radius 2 is 1.63 bits per heavy atom. The van der Waals surface area contributed by atoms with Crippen molar-refractivity contribution in [1.82, 2.24) is 14.9 Å². The zero-order valence-electron chi connectivity index (χ0n) is 19.6. The molecule has 1 aliphatic rings. The average molecular weight is 505 g/mol. The number of carbonyl (C=O) groups is 3. The van der Waals surface area contributed by atoms with Crippen molar-refractivity contribution in [2.45, 2.75) is 50.1 Å². The molecule has 0 saturated carbocycles. The van der Waals surface area contributed by atoms with Gasteiger partial charge in [-0.15, -0.1) is 0 Å². The van der Waals surface area contributed by atoms with Gasteiger partial charge in [-0.05, 0) is 48.7 Å². The monoisotopic (exact) mass is 504 g/mol. The van der Waals surface area contributed by atoms with E-state index in [1.807, 2.05) is 0 Å². The molecule has 0 radical (unpaired) electrons. The van der Waals surface area contributed by atoms with Crippen LogP contribution in [0.5, 0.6) is 0 Å². The van der Waals surface area contributed by atoms with E-state index in [2.05, 4.69) is 16.0 Å². The number of anilines is 1. The van der Waals surface area contributed by atoms with E-state index in [9.17, 15) is 27.2 Å². The topological polar surface area (TPSA) is 125 Å². The molecule has 2 aromatic rings. The molecule has 2 aromatic carbocycles. The first-order valence-corrected chi connectivity index (χ1v) is 12.7. The molecule has 1 atom stereocenters. The van der Waals surface area contributed by atoms with Crippen molar-refractivity contribution in [2.75, 3.05) is 18.4 Å². The van der Waals surface area contributed by atoms with Gasteiger partial charge in [-0.1, -0.05) is 18.2 Å². The molecular formula is C24H29FN4O5S. The minimum Gasteiger partial charge on any atom is -0.351 e. The van der Waals surface area contributed by atoms with Crippen LogP contribution in [0, 0.1) is 5.82 Å². The minimum absolute atomic E-state index is 0.000207. The maximum Gasteiger partial charge on any atom is 0.243 e. The second-order valence-corrected chi connectivity index (χ2v) is 10.4. The highest BCUT2D eigenvalue weighted by Crippen LogP contribution is 2.22. The van der Waals surface area contributed by atoms with E-state index in [0.717, 1.165) is 0 Å². The normalized spacial score (nSPS) is 15.7. The van der Waals surface area contributed by atoms with E-state index >= 15 is 0 Å². The van der Waals surface area contributed by atoms with Crippen LogP contribution in [0.25, 0.3) is 0 Å². The Bertz CT molecular complexity index is 1180. The first-order valence-electron chi connectivity index (χ1n) is 11.2. The lowest BCUT2D eigenvalue weighted by atomic mass is 10.0. The summed E-state index contributed by atoms with van der Waals surface area (Å²) in [5.41, 5.74) is 0.814. The summed E-state index contributed by atoms with van der Waals surface area (Å²) in [6.07, 6.45) is 0.780. The number of nitrogens with zero attached hydrogens (tertiary/aromatic N) is 1. The summed E-state index contributed by atoms with van der Waals surface area (Å²) in [4.78, 5) is 35.7. The second kappa shape index (κ2) is 11.4. The molecule has 11 heteroatoms. The molecular weight excluding hydrogens is 475 g/mol. The molecule has 9 nitrogen and oxygen atoms in total. The highest BCUT2D eigenvalue weighted by Gasteiger charge is 2.31. The Morgan fingerprint density at radius 3 is 2.20 bits per heavy atom. The minimum atomic E-state index is -3.73. The van der Waals surface area contributed by atoms with Gasteiger partial charge >= 0.3 is 0 Å². The van der Waals surface area contributed by atoms with E-state index in [1.165, 1.54) is 48.5 Å². The second-order valence-electron chi connectivity index (χ2n) is 8.44. The lowest BCUT2D eigenvalue weighted by Gasteiger charge is -2.32. The summed E-state index contributed by atoms with van der Waals surface area (Å²) in [7, 11) is -3.73. The van der Waals surface area contributed by atoms with Gasteiger partial charge < -0.3 is 16.0 Å². The van der Waals surface area contributed by atoms with E-state index in [0.29, 0.717) is 24.1 Å². The van der Waals surface area contributed by atoms with Gasteiger partial charge in [0, 0.05) is 45.1 Å². The summed E-state index contributed by atoms with van der Waals surface area (Å²) < 4.78 is 41.4. The van der Waals surface area contributed by atoms with Gasteiger partial charge in [0.2, 0.25) is 27.7 Å². The highest BCUT2D eigenvalue weighted by atomic mass is 32.2. The van der Waals surface area contributed by atoms with Crippen molar-refractivity contribution in [3.05, 3.63) is 59.9 Å². The van der Waals surface area contributed by atoms with Gasteiger partial charge in [0.05, 0.1) is 4.90 Å². The van der Waals surface area contributed by atoms with Crippen molar-refractivity contribution in [3.8, 4) is 0 Å². The summed E-state index contributed by atoms with van der Waals surface area (Å²) in [5.74, 6) is -1.57. The summed E-state index contributed by atoms with van der Waals surface area (Å²) >= 11 is 0. The predicted molar refractivity (Wildman–Crippen MR) is 128 cm³/mol. The molecule has 0 unspecified atom stereocenters. The van der Waals surface area contributed by atoms with Crippen LogP contribution in [-0.2, 0) is 30.8 Å². The van der Waals surface area contributed by atoms with Crippen molar-refractivity contribution in [2.24, 2.45) is 0 Å². The molecule has 0 aromatic heterocycles. The maximum absolute atomic E-state index is 14.1. The third kappa shape index (κ3) is 7.09. The van der Waals surface area contributed by atoms with Crippen LogP contribution in [0.2, 0.25) is 0 Å². The number of sulfonamides is 1. The van der Waals surface area contributed by atoms with Gasteiger partial charge in [0.15, 0.2) is 0 Å². The average Bonchev–Trinajstić information content (AvgIpc) is 2.80. The maximum atomic E-state index is 14.1. The lowest BCUT2D eigenvalue weighted by Crippen LogP contribution is -2.53. The number of hydrogen-bond donors (Lipinski definition) is 3. The van der Waals surface area contributed by atoms with Crippen LogP contribution in [0.4, 0.5) is 10.1 Å². The van der Waals surface area contributed by atoms with Crippen molar-refractivity contribution in [3.63, 3.8) is 0 Å². The zero-order valence-corrected chi connectivity index (χ0v) is 20.4. The molecule has 1 saturated heterocycles. The van der Waals surface area contributed by atoms with E-state index in [-0.39, 0.29) is 36.4 Å². The molecule has 1 fully saturated rings. The Kier molecular flexibility index (Phi) is 8.57. The van der Waals surface area contributed by atoms with Gasteiger partial charge in [-0.2, -0.15) is 4.31 Å². The predicted octanol–water partition coefficient (Wildman–Crippen LogP) is 1.80. The lowest BCUT2D eigenvalue weighted by molar-refractivity contribution is -0.128. The number of piperidine rings is 1. The van der Waals surface area contributed by atoms with Crippen LogP contribution in [0.1, 0.15) is 32.3 Å². The number of hydrogen-bond acceptors (Lipinski definition) is 5. The number of benzene rings is 2. The fraction of sp³-hybridized carbons (Fsp3) is 0.375. The summed E-state index contributed by atoms with van der Waals surface area (Å²) in [6, 6.07) is 10.8. The Labute approximate surface area is 204 Å². The Balaban J connectivity index is 1.59. The molecule has 35 heavy (non-hydrogen) atoms. The number of halogens is 1. The molecule has 0 spiro atoms. The van der Waals surface area contributed by atoms with E-state index < -0.39 is 33.7 Å². The fourth-order valence-corrected chi connectivity index (χ4v) is 5.41. The van der Waals surface area contributed by atoms with Gasteiger partial charge in [0.1, 0.15) is 11.9 Å². The quantitative estimate of drug-likeness (QED) is 0.506. The molecule has 188 valence electrons. The molecule has 0 bridgehead atoms. The number of amides is 3. The van der Waals surface area contributed by atoms with Crippen molar-refractivity contribution in [1.29, 1.82) is 0 Å². The highest BCUT2D eigenvalue weighted by molar-refractivity contribution is 7.89. The van der Waals surface area contributed by atoms with Crippen molar-refractivity contribution < 1.29 is 27.2 Å². The molecule has 3 rings (SSSR count). The van der Waals surface area contributed by atoms with Crippen LogP contribution in [0.15, 0.2) is 53.4 Å². The van der Waals surface area contributed by atoms with Gasteiger partial charge in [-0.25, -0.2) is 12.8 Å². The number of carbonyl (C=O) groups excluding carboxylic acids is 3. The van der Waals surface area contributed by atoms with Gasteiger partial charge in [0.25, 0.3) is 0 Å². The SMILES string of the molecule is CC(=O)Nc1ccc(S(=O)(=O)N2CCC(NC(=O)[C@@H](Cc3ccccc3F)NC(C)=O)CC2)cc1. The van der Waals surface area contributed by atoms with Crippen LogP contribution in [-0.4, -0.2) is 55.6 Å². The Hall–Kier alpha value is -3.31. The van der Waals surface area contributed by atoms with Crippen LogP contribution >= 0.6 is 0 Å². The van der Waals surface area contributed by atoms with E-state index in [1.54, 1.807) is 18.2 Å². The standard InChI is InChI=1S/C24H29FN4O5S/c1-16(30)26-19-7-9-21(10-8-19)35(33,34)29-13-11-20(12-14-29)28-24(32)23(27-17(2)31)15-18-5-3-4-6-22(18)25/h3-10,20,23H,11-15H2,1-2H3,(H,26,30)(H,27,31)(H,28,32)/t23-/m1/s1. The molecule has 3 amide bonds. The third-order valence-corrected chi connectivity index (χ3v) is 7.60. The van der Waals surface area contributed by atoms with Crippen LogP contribution < -0.4 is 16.0 Å². The fourth-order valence-electron chi connectivity index (χ4n) is 3.94. The largest absolute Gasteiger partial charge is 0.351 e. The van der Waals surface area contributed by atoms with Crippen molar-refractivity contribution >= 4 is 33.4 Å². The Morgan fingerprint density at radius 1 is 1.00 bits per heavy atom.